The molecule has 0 N–H and O–H groups in total. The molecule has 1 heterocycles. The van der Waals surface area contributed by atoms with Crippen molar-refractivity contribution in [1.29, 1.82) is 0 Å². The van der Waals surface area contributed by atoms with Crippen molar-refractivity contribution < 1.29 is 13.2 Å². The number of hydrogen-bond donors (Lipinski definition) is 0. The van der Waals surface area contributed by atoms with E-state index >= 15 is 0 Å². The van der Waals surface area contributed by atoms with Gasteiger partial charge in [-0.15, -0.1) is 11.6 Å². The van der Waals surface area contributed by atoms with Gasteiger partial charge in [0.1, 0.15) is 5.82 Å². The summed E-state index contributed by atoms with van der Waals surface area (Å²) in [6.07, 6.45) is 0.609. The van der Waals surface area contributed by atoms with Crippen molar-refractivity contribution in [3.05, 3.63) is 23.3 Å². The van der Waals surface area contributed by atoms with Crippen LogP contribution < -0.4 is 0 Å². The number of aromatic nitrogens is 2. The third kappa shape index (κ3) is 3.19. The molecular weight excluding hydrogens is 277 g/mol. The molecule has 0 spiro atoms. The average molecular weight is 293 g/mol. The lowest BCUT2D eigenvalue weighted by Crippen LogP contribution is -2.15. The second-order valence-corrected chi connectivity index (χ2v) is 5.28. The summed E-state index contributed by atoms with van der Waals surface area (Å²) in [6, 6.07) is 0. The molecule has 106 valence electrons. The first kappa shape index (κ1) is 14.6. The summed E-state index contributed by atoms with van der Waals surface area (Å²) in [7, 11) is 0. The number of rotatable bonds is 3. The molecule has 1 aromatic heterocycles. The monoisotopic (exact) mass is 292 g/mol. The van der Waals surface area contributed by atoms with Crippen LogP contribution in [0.25, 0.3) is 0 Å². The van der Waals surface area contributed by atoms with E-state index in [4.69, 9.17) is 11.6 Å². The SMILES string of the molecule is CCC1CCC(c2ncc(CCl)c(C(F)(F)F)n2)C1. The van der Waals surface area contributed by atoms with E-state index in [0.717, 1.165) is 25.7 Å². The van der Waals surface area contributed by atoms with E-state index in [2.05, 4.69) is 16.9 Å². The highest BCUT2D eigenvalue weighted by molar-refractivity contribution is 6.17. The average Bonchev–Trinajstić information content (AvgIpc) is 2.85. The van der Waals surface area contributed by atoms with Crippen molar-refractivity contribution >= 4 is 11.6 Å². The molecule has 0 aliphatic heterocycles. The highest BCUT2D eigenvalue weighted by Crippen LogP contribution is 2.39. The van der Waals surface area contributed by atoms with E-state index in [1.807, 2.05) is 0 Å². The molecule has 2 nitrogen and oxygen atoms in total. The number of halogens is 4. The van der Waals surface area contributed by atoms with Crippen LogP contribution in [-0.2, 0) is 12.1 Å². The van der Waals surface area contributed by atoms with E-state index in [9.17, 15) is 13.2 Å². The van der Waals surface area contributed by atoms with E-state index in [0.29, 0.717) is 11.7 Å². The van der Waals surface area contributed by atoms with E-state index < -0.39 is 11.9 Å². The van der Waals surface area contributed by atoms with Gasteiger partial charge in [-0.1, -0.05) is 13.3 Å². The van der Waals surface area contributed by atoms with Crippen molar-refractivity contribution in [3.8, 4) is 0 Å². The van der Waals surface area contributed by atoms with Gasteiger partial charge in [0, 0.05) is 17.7 Å². The second kappa shape index (κ2) is 5.65. The molecule has 1 aliphatic carbocycles. The molecular formula is C13H16ClF3N2. The fraction of sp³-hybridized carbons (Fsp3) is 0.692. The third-order valence-electron chi connectivity index (χ3n) is 3.78. The zero-order valence-electron chi connectivity index (χ0n) is 10.7. The van der Waals surface area contributed by atoms with Crippen LogP contribution in [0.2, 0.25) is 0 Å². The van der Waals surface area contributed by atoms with Gasteiger partial charge in [0.25, 0.3) is 0 Å². The maximum atomic E-state index is 12.9. The predicted octanol–water partition coefficient (Wildman–Crippen LogP) is 4.53. The van der Waals surface area contributed by atoms with Crippen LogP contribution >= 0.6 is 11.6 Å². The maximum absolute atomic E-state index is 12.9. The van der Waals surface area contributed by atoms with Crippen LogP contribution in [0, 0.1) is 5.92 Å². The Kier molecular flexibility index (Phi) is 4.33. The first-order chi connectivity index (χ1) is 8.95. The summed E-state index contributed by atoms with van der Waals surface area (Å²) < 4.78 is 38.7. The highest BCUT2D eigenvalue weighted by Gasteiger charge is 2.37. The van der Waals surface area contributed by atoms with Gasteiger partial charge >= 0.3 is 6.18 Å². The molecule has 19 heavy (non-hydrogen) atoms. The minimum absolute atomic E-state index is 0.0513. The lowest BCUT2D eigenvalue weighted by Gasteiger charge is -2.14. The Morgan fingerprint density at radius 2 is 2.11 bits per heavy atom. The van der Waals surface area contributed by atoms with Gasteiger partial charge < -0.3 is 0 Å². The lowest BCUT2D eigenvalue weighted by atomic mass is 10.0. The molecule has 0 saturated heterocycles. The van der Waals surface area contributed by atoms with E-state index in [-0.39, 0.29) is 17.4 Å². The normalized spacial score (nSPS) is 23.8. The van der Waals surface area contributed by atoms with Crippen LogP contribution in [0.15, 0.2) is 6.20 Å². The van der Waals surface area contributed by atoms with Gasteiger partial charge in [0.05, 0.1) is 5.88 Å². The summed E-state index contributed by atoms with van der Waals surface area (Å²) in [5.41, 5.74) is -0.935. The predicted molar refractivity (Wildman–Crippen MR) is 67.0 cm³/mol. The Morgan fingerprint density at radius 3 is 2.63 bits per heavy atom. The summed E-state index contributed by atoms with van der Waals surface area (Å²) in [5, 5.41) is 0. The minimum atomic E-state index is -4.47. The first-order valence-corrected chi connectivity index (χ1v) is 6.98. The Balaban J connectivity index is 2.28. The molecule has 1 aromatic rings. The van der Waals surface area contributed by atoms with Gasteiger partial charge in [0.2, 0.25) is 0 Å². The molecule has 1 saturated carbocycles. The Hall–Kier alpha value is -0.840. The van der Waals surface area contributed by atoms with Gasteiger partial charge in [-0.2, -0.15) is 13.2 Å². The fourth-order valence-corrected chi connectivity index (χ4v) is 2.84. The van der Waals surface area contributed by atoms with Crippen LogP contribution in [0.4, 0.5) is 13.2 Å². The molecule has 2 rings (SSSR count). The standard InChI is InChI=1S/C13H16ClF3N2/c1-2-8-3-4-9(5-8)12-18-7-10(6-14)11(19-12)13(15,16)17/h7-9H,2-6H2,1H3. The molecule has 1 aliphatic rings. The quantitative estimate of drug-likeness (QED) is 0.765. The summed E-state index contributed by atoms with van der Waals surface area (Å²) in [5.74, 6) is 0.723. The smallest absolute Gasteiger partial charge is 0.241 e. The van der Waals surface area contributed by atoms with Gasteiger partial charge in [-0.3, -0.25) is 0 Å². The van der Waals surface area contributed by atoms with Crippen molar-refractivity contribution in [1.82, 2.24) is 9.97 Å². The Bertz CT molecular complexity index is 448. The van der Waals surface area contributed by atoms with Crippen molar-refractivity contribution in [3.63, 3.8) is 0 Å². The van der Waals surface area contributed by atoms with Crippen molar-refractivity contribution in [2.45, 2.75) is 50.6 Å². The summed E-state index contributed by atoms with van der Waals surface area (Å²) in [6.45, 7) is 2.10. The van der Waals surface area contributed by atoms with Crippen LogP contribution in [0.3, 0.4) is 0 Å². The first-order valence-electron chi connectivity index (χ1n) is 6.44. The second-order valence-electron chi connectivity index (χ2n) is 5.02. The van der Waals surface area contributed by atoms with Gasteiger partial charge in [-0.25, -0.2) is 9.97 Å². The summed E-state index contributed by atoms with van der Waals surface area (Å²) in [4.78, 5) is 7.82. The molecule has 0 amide bonds. The number of nitrogens with zero attached hydrogens (tertiary/aromatic N) is 2. The third-order valence-corrected chi connectivity index (χ3v) is 4.07. The molecule has 1 fully saturated rings. The lowest BCUT2D eigenvalue weighted by molar-refractivity contribution is -0.142. The Morgan fingerprint density at radius 1 is 1.37 bits per heavy atom. The van der Waals surface area contributed by atoms with Crippen LogP contribution in [0.5, 0.6) is 0 Å². The van der Waals surface area contributed by atoms with Gasteiger partial charge in [0.15, 0.2) is 5.69 Å². The molecule has 0 aromatic carbocycles. The molecule has 0 radical (unpaired) electrons. The van der Waals surface area contributed by atoms with Crippen molar-refractivity contribution in [2.24, 2.45) is 5.92 Å². The number of alkyl halides is 4. The highest BCUT2D eigenvalue weighted by atomic mass is 35.5. The molecule has 6 heteroatoms. The minimum Gasteiger partial charge on any atom is -0.241 e. The molecule has 0 bridgehead atoms. The van der Waals surface area contributed by atoms with Crippen molar-refractivity contribution in [2.75, 3.05) is 0 Å². The number of hydrogen-bond acceptors (Lipinski definition) is 2. The molecule has 2 atom stereocenters. The van der Waals surface area contributed by atoms with E-state index in [1.165, 1.54) is 6.20 Å². The van der Waals surface area contributed by atoms with Crippen LogP contribution in [-0.4, -0.2) is 9.97 Å². The topological polar surface area (TPSA) is 25.8 Å². The Labute approximate surface area is 115 Å². The van der Waals surface area contributed by atoms with E-state index in [1.54, 1.807) is 0 Å². The largest absolute Gasteiger partial charge is 0.433 e. The van der Waals surface area contributed by atoms with Crippen LogP contribution in [0.1, 0.15) is 55.6 Å². The maximum Gasteiger partial charge on any atom is 0.433 e. The zero-order chi connectivity index (χ0) is 14.0. The summed E-state index contributed by atoms with van der Waals surface area (Å²) >= 11 is 5.52. The zero-order valence-corrected chi connectivity index (χ0v) is 11.4. The van der Waals surface area contributed by atoms with Gasteiger partial charge in [-0.05, 0) is 25.2 Å². The fourth-order valence-electron chi connectivity index (χ4n) is 2.64. The molecule has 2 unspecified atom stereocenters.